The number of carbonyl (C=O) groups is 2. The Morgan fingerprint density at radius 3 is 1.51 bits per heavy atom. The van der Waals surface area contributed by atoms with Gasteiger partial charge in [0.1, 0.15) is 11.5 Å². The smallest absolute Gasteiger partial charge is 0.311 e. The fraction of sp³-hybridized carbons (Fsp3) is 0.188. The number of para-hydroxylation sites is 4. The maximum Gasteiger partial charge on any atom is 0.311 e. The lowest BCUT2D eigenvalue weighted by Gasteiger charge is -2.08. The van der Waals surface area contributed by atoms with E-state index < -0.39 is 15.8 Å². The second-order valence-corrected chi connectivity index (χ2v) is 8.82. The predicted molar refractivity (Wildman–Crippen MR) is 164 cm³/mol. The largest absolute Gasteiger partial charge is 0.481 e. The first-order valence-electron chi connectivity index (χ1n) is 13.6. The Kier molecular flexibility index (Phi) is 14.7. The Morgan fingerprint density at radius 1 is 0.689 bits per heavy atom. The van der Waals surface area contributed by atoms with Gasteiger partial charge in [-0.3, -0.25) is 29.8 Å². The van der Waals surface area contributed by atoms with Gasteiger partial charge in [0.2, 0.25) is 11.5 Å². The van der Waals surface area contributed by atoms with Crippen molar-refractivity contribution in [3.8, 4) is 23.0 Å². The molecule has 0 aliphatic rings. The van der Waals surface area contributed by atoms with E-state index >= 15 is 0 Å². The summed E-state index contributed by atoms with van der Waals surface area (Å²) in [6.07, 6.45) is -0.00396. The standard InChI is InChI=1S/C16H15NO5.C14H11NO5.C2H6O/c1-2-21-16(18)11-12-6-5-7-13(10-12)22-15-9-4-3-8-14(15)17(19)20;16-14(17)9-10-4-3-5-11(8-10)20-13-7-2-1-6-12(13)15(18)19;1-2-3/h3-10H,2,11H2,1H3;1-8H,9H2,(H,16,17);3H,2H2,1H3. The van der Waals surface area contributed by atoms with E-state index in [1.807, 2.05) is 0 Å². The molecule has 13 nitrogen and oxygen atoms in total. The summed E-state index contributed by atoms with van der Waals surface area (Å²) in [7, 11) is 0. The van der Waals surface area contributed by atoms with Crippen LogP contribution in [0.1, 0.15) is 25.0 Å². The number of benzene rings is 4. The molecule has 45 heavy (non-hydrogen) atoms. The number of nitrogens with zero attached hydrogens (tertiary/aromatic N) is 2. The van der Waals surface area contributed by atoms with Gasteiger partial charge in [0.25, 0.3) is 0 Å². The highest BCUT2D eigenvalue weighted by Crippen LogP contribution is 2.32. The Labute approximate surface area is 258 Å². The molecule has 0 aromatic heterocycles. The number of carboxylic acids is 1. The number of aliphatic carboxylic acids is 1. The van der Waals surface area contributed by atoms with Gasteiger partial charge in [-0.2, -0.15) is 0 Å². The summed E-state index contributed by atoms with van der Waals surface area (Å²) >= 11 is 0. The van der Waals surface area contributed by atoms with E-state index in [1.54, 1.807) is 86.6 Å². The van der Waals surface area contributed by atoms with E-state index in [1.165, 1.54) is 24.3 Å². The maximum absolute atomic E-state index is 11.5. The fourth-order valence-corrected chi connectivity index (χ4v) is 3.63. The normalized spacial score (nSPS) is 9.76. The van der Waals surface area contributed by atoms with Crippen LogP contribution in [0.3, 0.4) is 0 Å². The number of nitro groups is 2. The zero-order chi connectivity index (χ0) is 33.2. The molecule has 0 amide bonds. The van der Waals surface area contributed by atoms with Crippen molar-refractivity contribution in [1.82, 2.24) is 0 Å². The second-order valence-electron chi connectivity index (χ2n) is 8.82. The highest BCUT2D eigenvalue weighted by molar-refractivity contribution is 5.72. The molecule has 0 radical (unpaired) electrons. The molecular formula is C32H32N2O11. The number of carboxylic acid groups (broad SMARTS) is 1. The summed E-state index contributed by atoms with van der Waals surface area (Å²) in [6.45, 7) is 4.00. The van der Waals surface area contributed by atoms with Gasteiger partial charge in [0.05, 0.1) is 29.3 Å². The first-order chi connectivity index (χ1) is 21.6. The van der Waals surface area contributed by atoms with Crippen molar-refractivity contribution < 1.29 is 43.9 Å². The van der Waals surface area contributed by atoms with Gasteiger partial charge < -0.3 is 24.4 Å². The lowest BCUT2D eigenvalue weighted by atomic mass is 10.1. The van der Waals surface area contributed by atoms with Crippen LogP contribution < -0.4 is 9.47 Å². The number of hydrogen-bond acceptors (Lipinski definition) is 10. The monoisotopic (exact) mass is 620 g/mol. The molecule has 4 rings (SSSR count). The molecule has 0 unspecified atom stereocenters. The number of ether oxygens (including phenoxy) is 3. The van der Waals surface area contributed by atoms with Gasteiger partial charge in [-0.15, -0.1) is 0 Å². The molecule has 0 aliphatic carbocycles. The van der Waals surface area contributed by atoms with Crippen LogP contribution in [-0.2, 0) is 27.2 Å². The number of aliphatic hydroxyl groups is 1. The van der Waals surface area contributed by atoms with Crippen molar-refractivity contribution in [3.63, 3.8) is 0 Å². The molecule has 0 spiro atoms. The third-order valence-corrected chi connectivity index (χ3v) is 5.39. The fourth-order valence-electron chi connectivity index (χ4n) is 3.63. The number of aliphatic hydroxyl groups excluding tert-OH is 1. The van der Waals surface area contributed by atoms with Crippen molar-refractivity contribution in [2.24, 2.45) is 0 Å². The van der Waals surface area contributed by atoms with Crippen molar-refractivity contribution in [2.75, 3.05) is 13.2 Å². The molecule has 2 N–H and O–H groups in total. The Balaban J connectivity index is 0.000000289. The molecule has 0 saturated heterocycles. The minimum absolute atomic E-state index is 0.113. The lowest BCUT2D eigenvalue weighted by Crippen LogP contribution is -2.07. The summed E-state index contributed by atoms with van der Waals surface area (Å²) in [5, 5.41) is 38.1. The number of esters is 1. The van der Waals surface area contributed by atoms with Crippen LogP contribution in [-0.4, -0.2) is 45.2 Å². The van der Waals surface area contributed by atoms with Crippen LogP contribution in [0.25, 0.3) is 0 Å². The van der Waals surface area contributed by atoms with Crippen molar-refractivity contribution in [1.29, 1.82) is 0 Å². The minimum atomic E-state index is -0.951. The first-order valence-corrected chi connectivity index (χ1v) is 13.6. The number of hydrogen-bond donors (Lipinski definition) is 2. The third kappa shape index (κ3) is 12.5. The van der Waals surface area contributed by atoms with Gasteiger partial charge in [-0.05, 0) is 61.4 Å². The molecule has 4 aromatic carbocycles. The number of rotatable bonds is 11. The van der Waals surface area contributed by atoms with Gasteiger partial charge in [0, 0.05) is 18.7 Å². The van der Waals surface area contributed by atoms with Crippen LogP contribution in [0.2, 0.25) is 0 Å². The lowest BCUT2D eigenvalue weighted by molar-refractivity contribution is -0.385. The SMILES string of the molecule is CCO.CCOC(=O)Cc1cccc(Oc2ccccc2[N+](=O)[O-])c1.O=C(O)Cc1cccc(Oc2ccccc2[N+](=O)[O-])c1. The highest BCUT2D eigenvalue weighted by atomic mass is 16.6. The summed E-state index contributed by atoms with van der Waals surface area (Å²) < 4.78 is 15.9. The summed E-state index contributed by atoms with van der Waals surface area (Å²) in [5.74, 6) is -0.224. The van der Waals surface area contributed by atoms with Crippen molar-refractivity contribution >= 4 is 23.3 Å². The highest BCUT2D eigenvalue weighted by Gasteiger charge is 2.16. The molecule has 4 aromatic rings. The molecule has 0 saturated carbocycles. The molecule has 0 fully saturated rings. The first kappa shape index (κ1) is 35.4. The van der Waals surface area contributed by atoms with Crippen molar-refractivity contribution in [3.05, 3.63) is 128 Å². The second kappa shape index (κ2) is 18.7. The predicted octanol–water partition coefficient (Wildman–Crippen LogP) is 6.51. The van der Waals surface area contributed by atoms with E-state index in [0.717, 1.165) is 5.56 Å². The molecule has 0 heterocycles. The summed E-state index contributed by atoms with van der Waals surface area (Å²) in [4.78, 5) is 42.9. The van der Waals surface area contributed by atoms with E-state index in [9.17, 15) is 29.8 Å². The molecule has 0 aliphatic heterocycles. The average molecular weight is 621 g/mol. The quantitative estimate of drug-likeness (QED) is 0.106. The van der Waals surface area contributed by atoms with E-state index in [0.29, 0.717) is 23.7 Å². The van der Waals surface area contributed by atoms with Gasteiger partial charge in [-0.1, -0.05) is 48.5 Å². The van der Waals surface area contributed by atoms with Crippen molar-refractivity contribution in [2.45, 2.75) is 26.7 Å². The van der Waals surface area contributed by atoms with Crippen LogP contribution in [0.5, 0.6) is 23.0 Å². The third-order valence-electron chi connectivity index (χ3n) is 5.39. The summed E-state index contributed by atoms with van der Waals surface area (Å²) in [6, 6.07) is 25.4. The van der Waals surface area contributed by atoms with E-state index in [4.69, 9.17) is 24.4 Å². The van der Waals surface area contributed by atoms with Gasteiger partial charge in [-0.25, -0.2) is 0 Å². The molecule has 0 atom stereocenters. The molecular weight excluding hydrogens is 588 g/mol. The van der Waals surface area contributed by atoms with E-state index in [2.05, 4.69) is 0 Å². The zero-order valence-electron chi connectivity index (χ0n) is 24.5. The minimum Gasteiger partial charge on any atom is -0.481 e. The van der Waals surface area contributed by atoms with Gasteiger partial charge in [0.15, 0.2) is 0 Å². The Bertz CT molecular complexity index is 1590. The van der Waals surface area contributed by atoms with Crippen LogP contribution >= 0.6 is 0 Å². The average Bonchev–Trinajstić information content (AvgIpc) is 2.98. The van der Waals surface area contributed by atoms with Gasteiger partial charge >= 0.3 is 23.3 Å². The van der Waals surface area contributed by atoms with Crippen LogP contribution in [0, 0.1) is 20.2 Å². The maximum atomic E-state index is 11.5. The Hall–Kier alpha value is -5.82. The molecule has 13 heteroatoms. The topological polar surface area (TPSA) is 189 Å². The number of carbonyl (C=O) groups excluding carboxylic acids is 1. The molecule has 236 valence electrons. The van der Waals surface area contributed by atoms with Crippen LogP contribution in [0.15, 0.2) is 97.1 Å². The Morgan fingerprint density at radius 2 is 1.11 bits per heavy atom. The molecule has 0 bridgehead atoms. The summed E-state index contributed by atoms with van der Waals surface area (Å²) in [5.41, 5.74) is 1.03. The zero-order valence-corrected chi connectivity index (χ0v) is 24.5. The van der Waals surface area contributed by atoms with Crippen LogP contribution in [0.4, 0.5) is 11.4 Å². The van der Waals surface area contributed by atoms with E-state index in [-0.39, 0.29) is 48.3 Å². The number of nitro benzene ring substituents is 2.